The molecule has 3 rings (SSSR count). The number of rotatable bonds is 3. The van der Waals surface area contributed by atoms with Crippen molar-refractivity contribution in [2.75, 3.05) is 11.1 Å². The molecule has 2 saturated carbocycles. The van der Waals surface area contributed by atoms with E-state index in [1.807, 2.05) is 0 Å². The monoisotopic (exact) mass is 326 g/mol. The molecule has 0 aliphatic heterocycles. The fourth-order valence-electron chi connectivity index (χ4n) is 3.95. The van der Waals surface area contributed by atoms with E-state index in [4.69, 9.17) is 5.73 Å². The Hall–Kier alpha value is -0.770. The summed E-state index contributed by atoms with van der Waals surface area (Å²) in [5.74, 6) is 2.23. The number of nitrogen functional groups attached to an aromatic ring is 1. The maximum absolute atomic E-state index is 13.6. The molecule has 1 aromatic rings. The number of nitrogens with one attached hydrogen (secondary N) is 1. The molecule has 2 bridgehead atoms. The van der Waals surface area contributed by atoms with Gasteiger partial charge in [0.05, 0.1) is 15.8 Å². The fraction of sp³-hybridized carbons (Fsp3) is 0.600. The Bertz CT molecular complexity index is 491. The second-order valence-electron chi connectivity index (χ2n) is 6.13. The van der Waals surface area contributed by atoms with E-state index in [1.54, 1.807) is 6.07 Å². The van der Waals surface area contributed by atoms with Crippen LogP contribution >= 0.6 is 15.9 Å². The van der Waals surface area contributed by atoms with E-state index >= 15 is 0 Å². The van der Waals surface area contributed by atoms with Gasteiger partial charge in [0.15, 0.2) is 0 Å². The van der Waals surface area contributed by atoms with Crippen LogP contribution in [0.15, 0.2) is 16.6 Å². The molecule has 2 fully saturated rings. The number of benzene rings is 1. The lowest BCUT2D eigenvalue weighted by Crippen LogP contribution is -2.30. The second-order valence-corrected chi connectivity index (χ2v) is 6.98. The molecule has 104 valence electrons. The number of anilines is 2. The highest BCUT2D eigenvalue weighted by molar-refractivity contribution is 9.10. The van der Waals surface area contributed by atoms with Crippen LogP contribution in [0.1, 0.15) is 32.6 Å². The first-order chi connectivity index (χ1) is 9.04. The predicted octanol–water partition coefficient (Wildman–Crippen LogP) is 4.41. The van der Waals surface area contributed by atoms with Crippen LogP contribution in [0.25, 0.3) is 0 Å². The van der Waals surface area contributed by atoms with Gasteiger partial charge in [0.25, 0.3) is 0 Å². The van der Waals surface area contributed by atoms with Crippen molar-refractivity contribution in [1.29, 1.82) is 0 Å². The smallest absolute Gasteiger partial charge is 0.139 e. The normalized spacial score (nSPS) is 30.6. The number of nitrogens with two attached hydrogens (primary N) is 1. The molecular weight excluding hydrogens is 307 g/mol. The van der Waals surface area contributed by atoms with Gasteiger partial charge in [-0.25, -0.2) is 4.39 Å². The molecule has 0 radical (unpaired) electrons. The molecule has 4 atom stereocenters. The third-order valence-corrected chi connectivity index (χ3v) is 5.52. The van der Waals surface area contributed by atoms with Crippen LogP contribution < -0.4 is 11.1 Å². The average Bonchev–Trinajstić information content (AvgIpc) is 2.98. The molecule has 0 amide bonds. The standard InChI is InChI=1S/C15H20BrFN2/c1-8(11-5-9-2-3-10(11)4-9)19-15-7-13(17)12(16)6-14(15)18/h6-11,19H,2-5,18H2,1H3. The van der Waals surface area contributed by atoms with Gasteiger partial charge >= 0.3 is 0 Å². The van der Waals surface area contributed by atoms with Gasteiger partial charge in [-0.15, -0.1) is 0 Å². The van der Waals surface area contributed by atoms with Crippen LogP contribution in [0.2, 0.25) is 0 Å². The Morgan fingerprint density at radius 1 is 1.37 bits per heavy atom. The van der Waals surface area contributed by atoms with E-state index in [0.717, 1.165) is 17.5 Å². The minimum Gasteiger partial charge on any atom is -0.397 e. The van der Waals surface area contributed by atoms with Crippen LogP contribution in [0, 0.1) is 23.6 Å². The van der Waals surface area contributed by atoms with Crippen LogP contribution in [0.5, 0.6) is 0 Å². The molecular formula is C15H20BrFN2. The van der Waals surface area contributed by atoms with Crippen molar-refractivity contribution in [3.8, 4) is 0 Å². The average molecular weight is 327 g/mol. The molecule has 0 saturated heterocycles. The van der Waals surface area contributed by atoms with Crippen molar-refractivity contribution in [2.24, 2.45) is 17.8 Å². The SMILES string of the molecule is CC(Nc1cc(F)c(Br)cc1N)C1CC2CCC1C2. The van der Waals surface area contributed by atoms with Gasteiger partial charge in [-0.2, -0.15) is 0 Å². The molecule has 2 nitrogen and oxygen atoms in total. The molecule has 4 unspecified atom stereocenters. The highest BCUT2D eigenvalue weighted by atomic mass is 79.9. The maximum atomic E-state index is 13.6. The molecule has 4 heteroatoms. The van der Waals surface area contributed by atoms with Crippen LogP contribution in [-0.4, -0.2) is 6.04 Å². The molecule has 3 N–H and O–H groups in total. The van der Waals surface area contributed by atoms with Crippen LogP contribution in [-0.2, 0) is 0 Å². The van der Waals surface area contributed by atoms with E-state index in [2.05, 4.69) is 28.2 Å². The van der Waals surface area contributed by atoms with Gasteiger partial charge in [-0.1, -0.05) is 6.42 Å². The quantitative estimate of drug-likeness (QED) is 0.807. The summed E-state index contributed by atoms with van der Waals surface area (Å²) in [4.78, 5) is 0. The molecule has 19 heavy (non-hydrogen) atoms. The summed E-state index contributed by atoms with van der Waals surface area (Å²) >= 11 is 3.16. The van der Waals surface area contributed by atoms with Gasteiger partial charge < -0.3 is 11.1 Å². The molecule has 2 aliphatic carbocycles. The number of fused-ring (bicyclic) bond motifs is 2. The topological polar surface area (TPSA) is 38.0 Å². The fourth-order valence-corrected chi connectivity index (χ4v) is 4.31. The summed E-state index contributed by atoms with van der Waals surface area (Å²) in [6, 6.07) is 3.48. The maximum Gasteiger partial charge on any atom is 0.139 e. The van der Waals surface area contributed by atoms with E-state index in [0.29, 0.717) is 22.1 Å². The van der Waals surface area contributed by atoms with Crippen molar-refractivity contribution in [1.82, 2.24) is 0 Å². The summed E-state index contributed by atoms with van der Waals surface area (Å²) in [5.41, 5.74) is 7.27. The third-order valence-electron chi connectivity index (χ3n) is 4.91. The molecule has 0 aromatic heterocycles. The van der Waals surface area contributed by atoms with Crippen molar-refractivity contribution >= 4 is 27.3 Å². The second kappa shape index (κ2) is 4.97. The van der Waals surface area contributed by atoms with Crippen LogP contribution in [0.3, 0.4) is 0 Å². The summed E-state index contributed by atoms with van der Waals surface area (Å²) in [7, 11) is 0. The van der Waals surface area contributed by atoms with Gasteiger partial charge in [0, 0.05) is 12.1 Å². The summed E-state index contributed by atoms with van der Waals surface area (Å²) in [5, 5.41) is 3.42. The Morgan fingerprint density at radius 3 is 2.79 bits per heavy atom. The molecule has 0 spiro atoms. The third kappa shape index (κ3) is 2.47. The molecule has 0 heterocycles. The summed E-state index contributed by atoms with van der Waals surface area (Å²) in [6.07, 6.45) is 5.48. The summed E-state index contributed by atoms with van der Waals surface area (Å²) < 4.78 is 14.0. The van der Waals surface area contributed by atoms with Crippen molar-refractivity contribution in [2.45, 2.75) is 38.6 Å². The van der Waals surface area contributed by atoms with Gasteiger partial charge in [0.1, 0.15) is 5.82 Å². The highest BCUT2D eigenvalue weighted by Gasteiger charge is 2.41. The molecule has 1 aromatic carbocycles. The predicted molar refractivity (Wildman–Crippen MR) is 80.5 cm³/mol. The zero-order valence-electron chi connectivity index (χ0n) is 11.1. The first-order valence-electron chi connectivity index (χ1n) is 7.05. The minimum absolute atomic E-state index is 0.267. The first-order valence-corrected chi connectivity index (χ1v) is 7.85. The van der Waals surface area contributed by atoms with Crippen molar-refractivity contribution in [3.05, 3.63) is 22.4 Å². The van der Waals surface area contributed by atoms with E-state index < -0.39 is 0 Å². The minimum atomic E-state index is -0.267. The number of halogens is 2. The highest BCUT2D eigenvalue weighted by Crippen LogP contribution is 2.50. The lowest BCUT2D eigenvalue weighted by atomic mass is 9.84. The Kier molecular flexibility index (Phi) is 3.46. The van der Waals surface area contributed by atoms with Crippen LogP contribution in [0.4, 0.5) is 15.8 Å². The number of hydrogen-bond donors (Lipinski definition) is 2. The van der Waals surface area contributed by atoms with Crippen molar-refractivity contribution < 1.29 is 4.39 Å². The van der Waals surface area contributed by atoms with E-state index in [-0.39, 0.29) is 5.82 Å². The van der Waals surface area contributed by atoms with Gasteiger partial charge in [-0.3, -0.25) is 0 Å². The molecule has 2 aliphatic rings. The Morgan fingerprint density at radius 2 is 2.16 bits per heavy atom. The Balaban J connectivity index is 1.73. The zero-order valence-corrected chi connectivity index (χ0v) is 12.7. The lowest BCUT2D eigenvalue weighted by molar-refractivity contribution is 0.304. The lowest BCUT2D eigenvalue weighted by Gasteiger charge is -2.29. The van der Waals surface area contributed by atoms with Gasteiger partial charge in [0.2, 0.25) is 0 Å². The zero-order chi connectivity index (χ0) is 13.6. The van der Waals surface area contributed by atoms with Gasteiger partial charge in [-0.05, 0) is 65.9 Å². The largest absolute Gasteiger partial charge is 0.397 e. The number of hydrogen-bond acceptors (Lipinski definition) is 2. The first kappa shape index (κ1) is 13.2. The van der Waals surface area contributed by atoms with E-state index in [1.165, 1.54) is 31.7 Å². The summed E-state index contributed by atoms with van der Waals surface area (Å²) in [6.45, 7) is 2.20. The Labute approximate surface area is 122 Å². The van der Waals surface area contributed by atoms with E-state index in [9.17, 15) is 4.39 Å². The van der Waals surface area contributed by atoms with Crippen molar-refractivity contribution in [3.63, 3.8) is 0 Å².